The third-order valence-electron chi connectivity index (χ3n) is 4.83. The number of benzene rings is 2. The first kappa shape index (κ1) is 25.8. The molecule has 0 saturated heterocycles. The first-order valence-electron chi connectivity index (χ1n) is 10.3. The summed E-state index contributed by atoms with van der Waals surface area (Å²) in [7, 11) is -0.777. The molecule has 0 aliphatic rings. The number of nitrogens with one attached hydrogen (secondary N) is 1. The zero-order chi connectivity index (χ0) is 24.6. The van der Waals surface area contributed by atoms with Gasteiger partial charge in [-0.3, -0.25) is 10.1 Å². The molecule has 0 radical (unpaired) electrons. The van der Waals surface area contributed by atoms with E-state index in [2.05, 4.69) is 15.5 Å². The number of carbonyl (C=O) groups is 1. The Morgan fingerprint density at radius 1 is 1.03 bits per heavy atom. The third kappa shape index (κ3) is 6.21. The molecule has 10 nitrogen and oxygen atoms in total. The summed E-state index contributed by atoms with van der Waals surface area (Å²) in [6.45, 7) is 0.862. The second kappa shape index (κ2) is 12.1. The maximum Gasteiger partial charge on any atom is 0.322 e. The van der Waals surface area contributed by atoms with Gasteiger partial charge in [-0.15, -0.1) is 16.9 Å². The number of sulfonamides is 1. The number of methoxy groups -OCH3 is 2. The van der Waals surface area contributed by atoms with Crippen molar-refractivity contribution in [3.05, 3.63) is 54.1 Å². The summed E-state index contributed by atoms with van der Waals surface area (Å²) in [6, 6.07) is 13.1. The van der Waals surface area contributed by atoms with Crippen molar-refractivity contribution in [1.82, 2.24) is 14.5 Å². The highest BCUT2D eigenvalue weighted by molar-refractivity contribution is 7.98. The zero-order valence-corrected chi connectivity index (χ0v) is 20.7. The Bertz CT molecular complexity index is 1190. The molecular formula is C22H26N4O6S2. The minimum absolute atomic E-state index is 0.0575. The van der Waals surface area contributed by atoms with Crippen molar-refractivity contribution in [3.63, 3.8) is 0 Å². The molecule has 1 N–H and O–H groups in total. The van der Waals surface area contributed by atoms with Crippen molar-refractivity contribution in [3.8, 4) is 11.5 Å². The normalized spacial score (nSPS) is 11.6. The average molecular weight is 507 g/mol. The Morgan fingerprint density at radius 2 is 1.68 bits per heavy atom. The highest BCUT2D eigenvalue weighted by Gasteiger charge is 2.24. The molecule has 0 bridgehead atoms. The molecule has 34 heavy (non-hydrogen) atoms. The van der Waals surface area contributed by atoms with Crippen LogP contribution in [0.2, 0.25) is 0 Å². The zero-order valence-electron chi connectivity index (χ0n) is 19.1. The summed E-state index contributed by atoms with van der Waals surface area (Å²) in [4.78, 5) is 13.6. The predicted octanol–water partition coefficient (Wildman–Crippen LogP) is 2.99. The molecule has 0 aliphatic heterocycles. The lowest BCUT2D eigenvalue weighted by molar-refractivity contribution is 0.102. The lowest BCUT2D eigenvalue weighted by Gasteiger charge is -2.21. The minimum atomic E-state index is -3.78. The molecule has 0 fully saturated rings. The van der Waals surface area contributed by atoms with Gasteiger partial charge in [0.15, 0.2) is 0 Å². The van der Waals surface area contributed by atoms with E-state index >= 15 is 0 Å². The van der Waals surface area contributed by atoms with Crippen molar-refractivity contribution in [2.24, 2.45) is 0 Å². The van der Waals surface area contributed by atoms with E-state index in [1.54, 1.807) is 11.8 Å². The summed E-state index contributed by atoms with van der Waals surface area (Å²) in [6.07, 6.45) is 1.94. The van der Waals surface area contributed by atoms with Gasteiger partial charge in [-0.1, -0.05) is 17.2 Å². The van der Waals surface area contributed by atoms with Crippen LogP contribution in [0.4, 0.5) is 6.01 Å². The SMILES string of the molecule is COCCN(CCOC)S(=O)(=O)c1ccc(C(=O)Nc2nnc(-c3ccccc3SC)o2)cc1. The van der Waals surface area contributed by atoms with Crippen LogP contribution in [0.3, 0.4) is 0 Å². The van der Waals surface area contributed by atoms with Crippen LogP contribution in [0.1, 0.15) is 10.4 Å². The van der Waals surface area contributed by atoms with Crippen LogP contribution in [0.5, 0.6) is 0 Å². The van der Waals surface area contributed by atoms with Gasteiger partial charge < -0.3 is 13.9 Å². The molecule has 182 valence electrons. The van der Waals surface area contributed by atoms with Crippen molar-refractivity contribution >= 4 is 33.7 Å². The number of ether oxygens (including phenoxy) is 2. The number of aromatic nitrogens is 2. The van der Waals surface area contributed by atoms with Gasteiger partial charge in [0.1, 0.15) is 0 Å². The van der Waals surface area contributed by atoms with Crippen LogP contribution >= 0.6 is 11.8 Å². The molecule has 0 atom stereocenters. The number of amides is 1. The van der Waals surface area contributed by atoms with Gasteiger partial charge in [0.25, 0.3) is 11.8 Å². The minimum Gasteiger partial charge on any atom is -0.403 e. The van der Waals surface area contributed by atoms with E-state index in [1.165, 1.54) is 42.8 Å². The van der Waals surface area contributed by atoms with E-state index in [1.807, 2.05) is 30.5 Å². The molecule has 12 heteroatoms. The molecule has 1 aromatic heterocycles. The van der Waals surface area contributed by atoms with Crippen LogP contribution in [0, 0.1) is 0 Å². The highest BCUT2D eigenvalue weighted by atomic mass is 32.2. The third-order valence-corrected chi connectivity index (χ3v) is 7.54. The van der Waals surface area contributed by atoms with Crippen LogP contribution in [0.15, 0.2) is 62.7 Å². The molecule has 0 unspecified atom stereocenters. The first-order valence-corrected chi connectivity index (χ1v) is 12.9. The van der Waals surface area contributed by atoms with Crippen molar-refractivity contribution in [2.75, 3.05) is 52.1 Å². The molecule has 1 heterocycles. The number of nitrogens with zero attached hydrogens (tertiary/aromatic N) is 3. The summed E-state index contributed by atoms with van der Waals surface area (Å²) in [5, 5.41) is 10.4. The molecular weight excluding hydrogens is 480 g/mol. The monoisotopic (exact) mass is 506 g/mol. The molecule has 0 aliphatic carbocycles. The van der Waals surface area contributed by atoms with Crippen LogP contribution in [0.25, 0.3) is 11.5 Å². The van der Waals surface area contributed by atoms with Crippen LogP contribution in [-0.4, -0.2) is 75.6 Å². The number of thioether (sulfide) groups is 1. The fourth-order valence-electron chi connectivity index (χ4n) is 3.04. The van der Waals surface area contributed by atoms with Crippen molar-refractivity contribution in [1.29, 1.82) is 0 Å². The molecule has 3 rings (SSSR count). The molecule has 2 aromatic carbocycles. The summed E-state index contributed by atoms with van der Waals surface area (Å²) >= 11 is 1.54. The van der Waals surface area contributed by atoms with Gasteiger partial charge in [-0.2, -0.15) is 4.31 Å². The summed E-state index contributed by atoms with van der Waals surface area (Å²) in [5.41, 5.74) is 1.01. The van der Waals surface area contributed by atoms with Crippen molar-refractivity contribution in [2.45, 2.75) is 9.79 Å². The lowest BCUT2D eigenvalue weighted by Crippen LogP contribution is -2.36. The number of anilines is 1. The van der Waals surface area contributed by atoms with Gasteiger partial charge in [0.05, 0.1) is 23.7 Å². The fourth-order valence-corrected chi connectivity index (χ4v) is 5.04. The standard InChI is InChI=1S/C22H26N4O6S2/c1-30-14-12-26(13-15-31-2)34(28,29)17-10-8-16(9-11-17)20(27)23-22-25-24-21(32-22)18-6-4-5-7-19(18)33-3/h4-11H,12-15H2,1-3H3,(H,23,25,27). The Labute approximate surface area is 202 Å². The van der Waals surface area contributed by atoms with E-state index < -0.39 is 15.9 Å². The van der Waals surface area contributed by atoms with Crippen LogP contribution in [-0.2, 0) is 19.5 Å². The lowest BCUT2D eigenvalue weighted by atomic mass is 10.2. The Morgan fingerprint density at radius 3 is 2.29 bits per heavy atom. The Hall–Kier alpha value is -2.77. The van der Waals surface area contributed by atoms with Gasteiger partial charge in [0, 0.05) is 37.8 Å². The van der Waals surface area contributed by atoms with Crippen molar-refractivity contribution < 1.29 is 27.1 Å². The topological polar surface area (TPSA) is 124 Å². The molecule has 1 amide bonds. The first-order chi connectivity index (χ1) is 16.4. The second-order valence-corrected chi connectivity index (χ2v) is 9.77. The predicted molar refractivity (Wildman–Crippen MR) is 128 cm³/mol. The summed E-state index contributed by atoms with van der Waals surface area (Å²) < 4.78 is 42.9. The number of rotatable bonds is 12. The summed E-state index contributed by atoms with van der Waals surface area (Å²) in [5.74, 6) is -0.221. The van der Waals surface area contributed by atoms with Gasteiger partial charge in [-0.25, -0.2) is 8.42 Å². The Kier molecular flexibility index (Phi) is 9.19. The number of carbonyl (C=O) groups excluding carboxylic acids is 1. The van der Waals surface area contributed by atoms with Gasteiger partial charge in [0.2, 0.25) is 10.0 Å². The van der Waals surface area contributed by atoms with Gasteiger partial charge >= 0.3 is 6.01 Å². The average Bonchev–Trinajstić information content (AvgIpc) is 3.32. The maximum atomic E-state index is 13.0. The second-order valence-electron chi connectivity index (χ2n) is 6.98. The van der Waals surface area contributed by atoms with E-state index in [4.69, 9.17) is 13.9 Å². The Balaban J connectivity index is 1.72. The van der Waals surface area contributed by atoms with Gasteiger partial charge in [-0.05, 0) is 42.7 Å². The largest absolute Gasteiger partial charge is 0.403 e. The van der Waals surface area contributed by atoms with E-state index in [0.717, 1.165) is 10.5 Å². The van der Waals surface area contributed by atoms with E-state index in [-0.39, 0.29) is 48.7 Å². The van der Waals surface area contributed by atoms with Crippen LogP contribution < -0.4 is 5.32 Å². The fraction of sp³-hybridized carbons (Fsp3) is 0.318. The number of hydrogen-bond donors (Lipinski definition) is 1. The smallest absolute Gasteiger partial charge is 0.322 e. The van der Waals surface area contributed by atoms with E-state index in [0.29, 0.717) is 0 Å². The molecule has 3 aromatic rings. The van der Waals surface area contributed by atoms with E-state index in [9.17, 15) is 13.2 Å². The number of hydrogen-bond acceptors (Lipinski definition) is 9. The molecule has 0 spiro atoms. The maximum absolute atomic E-state index is 13.0. The molecule has 0 saturated carbocycles. The quantitative estimate of drug-likeness (QED) is 0.369. The highest BCUT2D eigenvalue weighted by Crippen LogP contribution is 2.29.